The third kappa shape index (κ3) is 3.17. The molecule has 1 N–H and O–H groups in total. The fourth-order valence-corrected chi connectivity index (χ4v) is 3.52. The quantitative estimate of drug-likeness (QED) is 0.683. The molecule has 0 aromatic rings. The second-order valence-electron chi connectivity index (χ2n) is 4.24. The van der Waals surface area contributed by atoms with E-state index in [1.54, 1.807) is 0 Å². The van der Waals surface area contributed by atoms with E-state index in [4.69, 9.17) is 5.11 Å². The van der Waals surface area contributed by atoms with Crippen molar-refractivity contribution in [2.75, 3.05) is 26.8 Å². The van der Waals surface area contributed by atoms with Crippen molar-refractivity contribution >= 4 is 16.0 Å². The number of aliphatic hydroxyl groups excluding tert-OH is 1. The van der Waals surface area contributed by atoms with Crippen LogP contribution in [0.5, 0.6) is 0 Å². The van der Waals surface area contributed by atoms with Crippen molar-refractivity contribution in [3.63, 3.8) is 0 Å². The van der Waals surface area contributed by atoms with Gasteiger partial charge in [0.05, 0.1) is 7.11 Å². The Morgan fingerprint density at radius 3 is 2.76 bits per heavy atom. The van der Waals surface area contributed by atoms with Crippen molar-refractivity contribution in [2.24, 2.45) is 5.92 Å². The standard InChI is InChI=1S/C10H19NO5S/c1-8(10(13)16-2)17(14,15)11-5-3-9(7-11)4-6-12/h8-9,12H,3-7H2,1-2H3. The van der Waals surface area contributed by atoms with Crippen LogP contribution in [0.25, 0.3) is 0 Å². The zero-order valence-corrected chi connectivity index (χ0v) is 10.9. The highest BCUT2D eigenvalue weighted by molar-refractivity contribution is 7.90. The molecule has 0 aromatic carbocycles. The van der Waals surface area contributed by atoms with Crippen molar-refractivity contribution in [3.8, 4) is 0 Å². The first-order chi connectivity index (χ1) is 7.93. The van der Waals surface area contributed by atoms with Gasteiger partial charge in [0.1, 0.15) is 0 Å². The van der Waals surface area contributed by atoms with Crippen LogP contribution in [0.1, 0.15) is 19.8 Å². The zero-order valence-electron chi connectivity index (χ0n) is 10.1. The second kappa shape index (κ2) is 5.79. The minimum atomic E-state index is -3.62. The van der Waals surface area contributed by atoms with Crippen LogP contribution in [0.3, 0.4) is 0 Å². The third-order valence-corrected chi connectivity index (χ3v) is 5.26. The maximum atomic E-state index is 12.0. The van der Waals surface area contributed by atoms with Crippen molar-refractivity contribution in [1.82, 2.24) is 4.31 Å². The maximum Gasteiger partial charge on any atom is 0.325 e. The number of hydrogen-bond donors (Lipinski definition) is 1. The van der Waals surface area contributed by atoms with Crippen LogP contribution < -0.4 is 0 Å². The number of carbonyl (C=O) groups excluding carboxylic acids is 1. The first kappa shape index (κ1) is 14.4. The monoisotopic (exact) mass is 265 g/mol. The van der Waals surface area contributed by atoms with E-state index < -0.39 is 21.2 Å². The molecule has 17 heavy (non-hydrogen) atoms. The summed E-state index contributed by atoms with van der Waals surface area (Å²) in [6.07, 6.45) is 1.33. The molecule has 1 rings (SSSR count). The van der Waals surface area contributed by atoms with Crippen molar-refractivity contribution in [3.05, 3.63) is 0 Å². The predicted octanol–water partition coefficient (Wildman–Crippen LogP) is -0.418. The zero-order chi connectivity index (χ0) is 13.1. The maximum absolute atomic E-state index is 12.0. The topological polar surface area (TPSA) is 83.9 Å². The molecule has 0 saturated carbocycles. The van der Waals surface area contributed by atoms with Gasteiger partial charge in [-0.05, 0) is 25.7 Å². The summed E-state index contributed by atoms with van der Waals surface area (Å²) >= 11 is 0. The van der Waals surface area contributed by atoms with E-state index >= 15 is 0 Å². The lowest BCUT2D eigenvalue weighted by molar-refractivity contribution is -0.139. The number of rotatable bonds is 5. The van der Waals surface area contributed by atoms with Gasteiger partial charge in [0.25, 0.3) is 0 Å². The first-order valence-corrected chi connectivity index (χ1v) is 7.11. The molecule has 0 aliphatic carbocycles. The van der Waals surface area contributed by atoms with Crippen LogP contribution in [0.2, 0.25) is 0 Å². The van der Waals surface area contributed by atoms with Gasteiger partial charge in [-0.2, -0.15) is 0 Å². The van der Waals surface area contributed by atoms with E-state index in [1.807, 2.05) is 0 Å². The highest BCUT2D eigenvalue weighted by Gasteiger charge is 2.38. The van der Waals surface area contributed by atoms with Crippen LogP contribution in [0, 0.1) is 5.92 Å². The number of nitrogens with zero attached hydrogens (tertiary/aromatic N) is 1. The van der Waals surface area contributed by atoms with Gasteiger partial charge in [0.15, 0.2) is 5.25 Å². The Morgan fingerprint density at radius 1 is 1.59 bits per heavy atom. The molecule has 1 aliphatic heterocycles. The van der Waals surface area contributed by atoms with Gasteiger partial charge < -0.3 is 9.84 Å². The van der Waals surface area contributed by atoms with E-state index in [2.05, 4.69) is 4.74 Å². The summed E-state index contributed by atoms with van der Waals surface area (Å²) in [5, 5.41) is 7.64. The number of ether oxygens (including phenoxy) is 1. The summed E-state index contributed by atoms with van der Waals surface area (Å²) in [6.45, 7) is 2.18. The summed E-state index contributed by atoms with van der Waals surface area (Å²) in [7, 11) is -2.45. The van der Waals surface area contributed by atoms with Gasteiger partial charge in [-0.15, -0.1) is 0 Å². The predicted molar refractivity (Wildman–Crippen MR) is 61.8 cm³/mol. The minimum absolute atomic E-state index is 0.0606. The lowest BCUT2D eigenvalue weighted by Crippen LogP contribution is -2.40. The van der Waals surface area contributed by atoms with E-state index in [0.717, 1.165) is 6.42 Å². The molecule has 1 fully saturated rings. The molecule has 1 heterocycles. The third-order valence-electron chi connectivity index (χ3n) is 3.13. The molecule has 2 atom stereocenters. The molecule has 2 unspecified atom stereocenters. The van der Waals surface area contributed by atoms with E-state index in [1.165, 1.54) is 18.3 Å². The highest BCUT2D eigenvalue weighted by atomic mass is 32.2. The summed E-state index contributed by atoms with van der Waals surface area (Å²) in [6, 6.07) is 0. The first-order valence-electron chi connectivity index (χ1n) is 5.61. The number of hydrogen-bond acceptors (Lipinski definition) is 5. The molecule has 1 aliphatic rings. The Hall–Kier alpha value is -0.660. The van der Waals surface area contributed by atoms with Crippen LogP contribution in [-0.4, -0.2) is 55.9 Å². The van der Waals surface area contributed by atoms with Crippen molar-refractivity contribution in [2.45, 2.75) is 25.0 Å². The Balaban J connectivity index is 2.70. The van der Waals surface area contributed by atoms with Gasteiger partial charge in [-0.3, -0.25) is 4.79 Å². The van der Waals surface area contributed by atoms with Crippen LogP contribution >= 0.6 is 0 Å². The summed E-state index contributed by atoms with van der Waals surface area (Å²) < 4.78 is 29.9. The molecular weight excluding hydrogens is 246 g/mol. The lowest BCUT2D eigenvalue weighted by Gasteiger charge is -2.20. The average Bonchev–Trinajstić information content (AvgIpc) is 2.76. The molecule has 0 aromatic heterocycles. The van der Waals surface area contributed by atoms with Crippen LogP contribution in [-0.2, 0) is 19.6 Å². The Labute approximate surface area is 102 Å². The number of methoxy groups -OCH3 is 1. The molecule has 1 saturated heterocycles. The number of esters is 1. The lowest BCUT2D eigenvalue weighted by atomic mass is 10.1. The molecule has 7 heteroatoms. The largest absolute Gasteiger partial charge is 0.468 e. The fraction of sp³-hybridized carbons (Fsp3) is 0.900. The van der Waals surface area contributed by atoms with Gasteiger partial charge in [0, 0.05) is 19.7 Å². The Bertz CT molecular complexity index is 367. The molecule has 0 amide bonds. The molecule has 0 bridgehead atoms. The summed E-state index contributed by atoms with van der Waals surface area (Å²) in [5.41, 5.74) is 0. The van der Waals surface area contributed by atoms with Gasteiger partial charge in [-0.1, -0.05) is 0 Å². The fourth-order valence-electron chi connectivity index (χ4n) is 1.96. The van der Waals surface area contributed by atoms with Crippen molar-refractivity contribution in [1.29, 1.82) is 0 Å². The highest BCUT2D eigenvalue weighted by Crippen LogP contribution is 2.24. The normalized spacial score (nSPS) is 23.6. The van der Waals surface area contributed by atoms with Crippen LogP contribution in [0.15, 0.2) is 0 Å². The van der Waals surface area contributed by atoms with E-state index in [9.17, 15) is 13.2 Å². The van der Waals surface area contributed by atoms with Gasteiger partial charge in [-0.25, -0.2) is 12.7 Å². The number of sulfonamides is 1. The average molecular weight is 265 g/mol. The van der Waals surface area contributed by atoms with Crippen LogP contribution in [0.4, 0.5) is 0 Å². The van der Waals surface area contributed by atoms with Gasteiger partial charge in [0.2, 0.25) is 10.0 Å². The smallest absolute Gasteiger partial charge is 0.325 e. The molecule has 0 radical (unpaired) electrons. The summed E-state index contributed by atoms with van der Waals surface area (Å²) in [5.74, 6) is -0.560. The Kier molecular flexibility index (Phi) is 4.91. The molecule has 6 nitrogen and oxygen atoms in total. The Morgan fingerprint density at radius 2 is 2.24 bits per heavy atom. The minimum Gasteiger partial charge on any atom is -0.468 e. The van der Waals surface area contributed by atoms with E-state index in [0.29, 0.717) is 19.5 Å². The molecule has 100 valence electrons. The molecule has 0 spiro atoms. The van der Waals surface area contributed by atoms with Crippen molar-refractivity contribution < 1.29 is 23.1 Å². The number of carbonyl (C=O) groups is 1. The van der Waals surface area contributed by atoms with Gasteiger partial charge >= 0.3 is 5.97 Å². The SMILES string of the molecule is COC(=O)C(C)S(=O)(=O)N1CCC(CCO)C1. The second-order valence-corrected chi connectivity index (χ2v) is 6.49. The molecular formula is C10H19NO5S. The van der Waals surface area contributed by atoms with E-state index in [-0.39, 0.29) is 12.5 Å². The summed E-state index contributed by atoms with van der Waals surface area (Å²) in [4.78, 5) is 11.3. The number of aliphatic hydroxyl groups is 1.